The van der Waals surface area contributed by atoms with Crippen molar-refractivity contribution in [2.24, 2.45) is 5.92 Å². The van der Waals surface area contributed by atoms with E-state index >= 15 is 0 Å². The Morgan fingerprint density at radius 3 is 2.80 bits per heavy atom. The molecular weight excluding hydrogens is 194 g/mol. The minimum Gasteiger partial charge on any atom is -0.392 e. The monoisotopic (exact) mass is 217 g/mol. The lowest BCUT2D eigenvalue weighted by molar-refractivity contribution is 0.0689. The van der Waals surface area contributed by atoms with E-state index in [0.29, 0.717) is 19.1 Å². The fourth-order valence-electron chi connectivity index (χ4n) is 1.44. The van der Waals surface area contributed by atoms with Crippen molar-refractivity contribution < 1.29 is 14.6 Å². The summed E-state index contributed by atoms with van der Waals surface area (Å²) in [4.78, 5) is 0. The molecule has 1 aliphatic rings. The highest BCUT2D eigenvalue weighted by Gasteiger charge is 2.28. The van der Waals surface area contributed by atoms with Crippen LogP contribution in [0.3, 0.4) is 0 Å². The van der Waals surface area contributed by atoms with Gasteiger partial charge in [-0.05, 0) is 31.7 Å². The van der Waals surface area contributed by atoms with Crippen LogP contribution in [0.4, 0.5) is 0 Å². The Morgan fingerprint density at radius 2 is 2.13 bits per heavy atom. The van der Waals surface area contributed by atoms with Crippen molar-refractivity contribution >= 4 is 0 Å². The summed E-state index contributed by atoms with van der Waals surface area (Å²) < 4.78 is 10.2. The summed E-state index contributed by atoms with van der Waals surface area (Å²) >= 11 is 0. The van der Waals surface area contributed by atoms with Crippen LogP contribution in [-0.2, 0) is 9.47 Å². The van der Waals surface area contributed by atoms with Gasteiger partial charge in [-0.25, -0.2) is 0 Å². The Morgan fingerprint density at radius 1 is 1.33 bits per heavy atom. The van der Waals surface area contributed by atoms with Gasteiger partial charge in [0.05, 0.1) is 19.3 Å². The molecule has 0 aliphatic heterocycles. The lowest BCUT2D eigenvalue weighted by Gasteiger charge is -2.10. The van der Waals surface area contributed by atoms with Gasteiger partial charge >= 0.3 is 0 Å². The van der Waals surface area contributed by atoms with Crippen molar-refractivity contribution in [3.8, 4) is 0 Å². The molecule has 0 bridgehead atoms. The van der Waals surface area contributed by atoms with Crippen molar-refractivity contribution in [2.75, 3.05) is 40.0 Å². The molecule has 15 heavy (non-hydrogen) atoms. The summed E-state index contributed by atoms with van der Waals surface area (Å²) in [5.41, 5.74) is 0. The van der Waals surface area contributed by atoms with Crippen LogP contribution in [0, 0.1) is 5.92 Å². The maximum Gasteiger partial charge on any atom is 0.0700 e. The van der Waals surface area contributed by atoms with E-state index in [1.807, 2.05) is 0 Å². The SMILES string of the molecule is COCCOCCCNCC(O)C1CC1. The first-order chi connectivity index (χ1) is 7.34. The van der Waals surface area contributed by atoms with E-state index < -0.39 is 0 Å². The molecule has 1 unspecified atom stereocenters. The third-order valence-corrected chi connectivity index (χ3v) is 2.59. The largest absolute Gasteiger partial charge is 0.392 e. The molecule has 1 rings (SSSR count). The quantitative estimate of drug-likeness (QED) is 0.520. The Labute approximate surface area is 92.0 Å². The average Bonchev–Trinajstić information content (AvgIpc) is 3.05. The van der Waals surface area contributed by atoms with Crippen LogP contribution < -0.4 is 5.32 Å². The molecule has 0 aromatic rings. The molecule has 2 N–H and O–H groups in total. The van der Waals surface area contributed by atoms with Crippen molar-refractivity contribution in [3.05, 3.63) is 0 Å². The van der Waals surface area contributed by atoms with Crippen LogP contribution in [0.5, 0.6) is 0 Å². The van der Waals surface area contributed by atoms with Gasteiger partial charge in [0.15, 0.2) is 0 Å². The molecule has 0 heterocycles. The number of aliphatic hydroxyl groups is 1. The number of aliphatic hydroxyl groups excluding tert-OH is 1. The molecule has 1 saturated carbocycles. The van der Waals surface area contributed by atoms with Crippen LogP contribution in [0.2, 0.25) is 0 Å². The predicted molar refractivity (Wildman–Crippen MR) is 58.9 cm³/mol. The number of hydrogen-bond donors (Lipinski definition) is 2. The van der Waals surface area contributed by atoms with E-state index in [4.69, 9.17) is 9.47 Å². The molecule has 0 saturated heterocycles. The summed E-state index contributed by atoms with van der Waals surface area (Å²) in [5.74, 6) is 0.565. The molecule has 0 amide bonds. The second kappa shape index (κ2) is 8.05. The van der Waals surface area contributed by atoms with Gasteiger partial charge in [-0.3, -0.25) is 0 Å². The summed E-state index contributed by atoms with van der Waals surface area (Å²) in [7, 11) is 1.67. The molecule has 4 nitrogen and oxygen atoms in total. The summed E-state index contributed by atoms with van der Waals surface area (Å²) in [6, 6.07) is 0. The molecule has 0 aromatic heterocycles. The molecule has 0 spiro atoms. The second-order valence-corrected chi connectivity index (χ2v) is 4.07. The normalized spacial score (nSPS) is 18.0. The Kier molecular flexibility index (Phi) is 6.92. The van der Waals surface area contributed by atoms with Gasteiger partial charge in [0.25, 0.3) is 0 Å². The smallest absolute Gasteiger partial charge is 0.0700 e. The van der Waals surface area contributed by atoms with E-state index in [-0.39, 0.29) is 6.10 Å². The highest BCUT2D eigenvalue weighted by atomic mass is 16.5. The number of methoxy groups -OCH3 is 1. The molecule has 1 aliphatic carbocycles. The molecular formula is C11H23NO3. The van der Waals surface area contributed by atoms with E-state index in [9.17, 15) is 5.11 Å². The minimum absolute atomic E-state index is 0.139. The highest BCUT2D eigenvalue weighted by Crippen LogP contribution is 2.32. The topological polar surface area (TPSA) is 50.7 Å². The van der Waals surface area contributed by atoms with Gasteiger partial charge < -0.3 is 19.9 Å². The van der Waals surface area contributed by atoms with Gasteiger partial charge in [-0.1, -0.05) is 0 Å². The van der Waals surface area contributed by atoms with Crippen LogP contribution in [0.25, 0.3) is 0 Å². The van der Waals surface area contributed by atoms with Crippen LogP contribution in [-0.4, -0.2) is 51.2 Å². The van der Waals surface area contributed by atoms with Gasteiger partial charge in [0.1, 0.15) is 0 Å². The highest BCUT2D eigenvalue weighted by molar-refractivity contribution is 4.81. The van der Waals surface area contributed by atoms with Crippen molar-refractivity contribution in [3.63, 3.8) is 0 Å². The third kappa shape index (κ3) is 6.84. The number of nitrogens with one attached hydrogen (secondary N) is 1. The first-order valence-electron chi connectivity index (χ1n) is 5.80. The van der Waals surface area contributed by atoms with Gasteiger partial charge in [0.2, 0.25) is 0 Å². The lowest BCUT2D eigenvalue weighted by Crippen LogP contribution is -2.29. The first-order valence-corrected chi connectivity index (χ1v) is 5.80. The van der Waals surface area contributed by atoms with E-state index in [0.717, 1.165) is 26.1 Å². The van der Waals surface area contributed by atoms with Crippen molar-refractivity contribution in [1.29, 1.82) is 0 Å². The zero-order chi connectivity index (χ0) is 10.9. The maximum atomic E-state index is 9.55. The second-order valence-electron chi connectivity index (χ2n) is 4.07. The average molecular weight is 217 g/mol. The summed E-state index contributed by atoms with van der Waals surface area (Å²) in [6.45, 7) is 3.73. The first kappa shape index (κ1) is 12.9. The maximum absolute atomic E-state index is 9.55. The zero-order valence-corrected chi connectivity index (χ0v) is 9.58. The Bertz CT molecular complexity index is 151. The Hall–Kier alpha value is -0.160. The molecule has 0 aromatic carbocycles. The van der Waals surface area contributed by atoms with Gasteiger partial charge in [0, 0.05) is 20.3 Å². The number of ether oxygens (including phenoxy) is 2. The molecule has 0 radical (unpaired) electrons. The molecule has 1 fully saturated rings. The standard InChI is InChI=1S/C11H23NO3/c1-14-7-8-15-6-2-5-12-9-11(13)10-3-4-10/h10-13H,2-9H2,1H3. The zero-order valence-electron chi connectivity index (χ0n) is 9.58. The lowest BCUT2D eigenvalue weighted by atomic mass is 10.2. The fraction of sp³-hybridized carbons (Fsp3) is 1.00. The van der Waals surface area contributed by atoms with Crippen LogP contribution in [0.1, 0.15) is 19.3 Å². The molecule has 1 atom stereocenters. The number of hydrogen-bond acceptors (Lipinski definition) is 4. The Balaban J connectivity index is 1.72. The third-order valence-electron chi connectivity index (χ3n) is 2.59. The molecule has 90 valence electrons. The molecule has 4 heteroatoms. The van der Waals surface area contributed by atoms with E-state index in [1.165, 1.54) is 12.8 Å². The minimum atomic E-state index is -0.139. The van der Waals surface area contributed by atoms with Gasteiger partial charge in [-0.2, -0.15) is 0 Å². The van der Waals surface area contributed by atoms with E-state index in [1.54, 1.807) is 7.11 Å². The van der Waals surface area contributed by atoms with Crippen LogP contribution >= 0.6 is 0 Å². The summed E-state index contributed by atoms with van der Waals surface area (Å²) in [5, 5.41) is 12.8. The fourth-order valence-corrected chi connectivity index (χ4v) is 1.44. The summed E-state index contributed by atoms with van der Waals surface area (Å²) in [6.07, 6.45) is 3.24. The van der Waals surface area contributed by atoms with E-state index in [2.05, 4.69) is 5.32 Å². The number of rotatable bonds is 10. The van der Waals surface area contributed by atoms with Crippen molar-refractivity contribution in [1.82, 2.24) is 5.32 Å². The van der Waals surface area contributed by atoms with Gasteiger partial charge in [-0.15, -0.1) is 0 Å². The van der Waals surface area contributed by atoms with Crippen LogP contribution in [0.15, 0.2) is 0 Å². The predicted octanol–water partition coefficient (Wildman–Crippen LogP) is 0.400. The van der Waals surface area contributed by atoms with Crippen molar-refractivity contribution in [2.45, 2.75) is 25.4 Å².